The van der Waals surface area contributed by atoms with Crippen molar-refractivity contribution in [3.63, 3.8) is 0 Å². The van der Waals surface area contributed by atoms with Crippen LogP contribution in [0.4, 0.5) is 0 Å². The maximum Gasteiger partial charge on any atom is 0.233 e. The molecule has 17 heavy (non-hydrogen) atoms. The number of carbonyl (C=O) groups excluding carboxylic acids is 1. The molecule has 1 amide bonds. The maximum absolute atomic E-state index is 11.5. The van der Waals surface area contributed by atoms with Gasteiger partial charge in [-0.05, 0) is 24.3 Å². The van der Waals surface area contributed by atoms with Crippen LogP contribution in [0.15, 0.2) is 17.5 Å². The van der Waals surface area contributed by atoms with E-state index in [1.165, 1.54) is 4.88 Å². The zero-order valence-electron chi connectivity index (χ0n) is 10.7. The zero-order valence-corrected chi connectivity index (χ0v) is 11.5. The Kier molecular flexibility index (Phi) is 6.89. The van der Waals surface area contributed by atoms with Gasteiger partial charge >= 0.3 is 0 Å². The summed E-state index contributed by atoms with van der Waals surface area (Å²) in [6.45, 7) is 5.39. The molecule has 0 saturated heterocycles. The van der Waals surface area contributed by atoms with Crippen LogP contribution >= 0.6 is 11.3 Å². The first-order valence-corrected chi connectivity index (χ1v) is 7.19. The van der Waals surface area contributed by atoms with Gasteiger partial charge in [-0.25, -0.2) is 0 Å². The Morgan fingerprint density at radius 2 is 2.24 bits per heavy atom. The predicted molar refractivity (Wildman–Crippen MR) is 73.3 cm³/mol. The first kappa shape index (κ1) is 14.2. The molecule has 0 radical (unpaired) electrons. The van der Waals surface area contributed by atoms with Gasteiger partial charge in [0.1, 0.15) is 0 Å². The van der Waals surface area contributed by atoms with Crippen molar-refractivity contribution >= 4 is 17.2 Å². The summed E-state index contributed by atoms with van der Waals surface area (Å²) in [4.78, 5) is 12.8. The average molecular weight is 254 g/mol. The number of hydrogen-bond donors (Lipinski definition) is 2. The minimum atomic E-state index is 0.0875. The molecule has 1 heterocycles. The summed E-state index contributed by atoms with van der Waals surface area (Å²) in [5.74, 6) is 0.0875. The van der Waals surface area contributed by atoms with Crippen molar-refractivity contribution in [3.8, 4) is 0 Å². The molecule has 0 aliphatic rings. The highest BCUT2D eigenvalue weighted by atomic mass is 32.1. The molecule has 0 aliphatic heterocycles. The van der Waals surface area contributed by atoms with Crippen LogP contribution < -0.4 is 10.6 Å². The first-order valence-electron chi connectivity index (χ1n) is 6.31. The molecule has 96 valence electrons. The monoisotopic (exact) mass is 254 g/mol. The molecular formula is C13H22N2OS. The first-order chi connectivity index (χ1) is 8.27. The Balaban J connectivity index is 2.37. The van der Waals surface area contributed by atoms with Gasteiger partial charge in [0.2, 0.25) is 5.91 Å². The summed E-state index contributed by atoms with van der Waals surface area (Å²) >= 11 is 1.75. The molecule has 3 nitrogen and oxygen atoms in total. The Morgan fingerprint density at radius 3 is 2.82 bits per heavy atom. The van der Waals surface area contributed by atoms with Crippen LogP contribution in [0.3, 0.4) is 0 Å². The van der Waals surface area contributed by atoms with Crippen LogP contribution in [-0.4, -0.2) is 19.0 Å². The highest BCUT2D eigenvalue weighted by Crippen LogP contribution is 2.22. The predicted octanol–water partition coefficient (Wildman–Crippen LogP) is 2.71. The van der Waals surface area contributed by atoms with Gasteiger partial charge in [0.15, 0.2) is 0 Å². The topological polar surface area (TPSA) is 41.1 Å². The highest BCUT2D eigenvalue weighted by molar-refractivity contribution is 7.10. The molecule has 1 aromatic heterocycles. The second kappa shape index (κ2) is 8.25. The molecule has 0 saturated carbocycles. The molecule has 0 bridgehead atoms. The summed E-state index contributed by atoms with van der Waals surface area (Å²) in [5, 5.41) is 8.29. The Morgan fingerprint density at radius 1 is 1.41 bits per heavy atom. The van der Waals surface area contributed by atoms with E-state index in [9.17, 15) is 4.79 Å². The van der Waals surface area contributed by atoms with Gasteiger partial charge in [-0.3, -0.25) is 4.79 Å². The average Bonchev–Trinajstić information content (AvgIpc) is 2.85. The van der Waals surface area contributed by atoms with Crippen molar-refractivity contribution in [2.75, 3.05) is 13.1 Å². The number of carbonyl (C=O) groups is 1. The molecule has 2 N–H and O–H groups in total. The Hall–Kier alpha value is -0.870. The molecule has 1 unspecified atom stereocenters. The highest BCUT2D eigenvalue weighted by Gasteiger charge is 2.12. The third kappa shape index (κ3) is 5.33. The summed E-state index contributed by atoms with van der Waals surface area (Å²) in [7, 11) is 0. The molecule has 1 rings (SSSR count). The fourth-order valence-electron chi connectivity index (χ4n) is 1.67. The fraction of sp³-hybridized carbons (Fsp3) is 0.615. The summed E-state index contributed by atoms with van der Waals surface area (Å²) in [6.07, 6.45) is 3.17. The number of nitrogens with one attached hydrogen (secondary N) is 2. The van der Waals surface area contributed by atoms with Gasteiger partial charge in [0, 0.05) is 17.5 Å². The maximum atomic E-state index is 11.5. The van der Waals surface area contributed by atoms with Crippen LogP contribution in [0.2, 0.25) is 0 Å². The second-order valence-corrected chi connectivity index (χ2v) is 5.07. The van der Waals surface area contributed by atoms with E-state index in [4.69, 9.17) is 0 Å². The van der Waals surface area contributed by atoms with Crippen molar-refractivity contribution in [3.05, 3.63) is 22.4 Å². The minimum Gasteiger partial charge on any atom is -0.355 e. The van der Waals surface area contributed by atoms with Gasteiger partial charge in [0.25, 0.3) is 0 Å². The quantitative estimate of drug-likeness (QED) is 0.749. The lowest BCUT2D eigenvalue weighted by Gasteiger charge is -2.16. The smallest absolute Gasteiger partial charge is 0.233 e. The van der Waals surface area contributed by atoms with E-state index in [-0.39, 0.29) is 5.91 Å². The standard InChI is InChI=1S/C13H22N2OS/c1-3-6-11(12-7-5-9-17-12)15-10-13(16)14-8-4-2/h5,7,9,11,15H,3-4,6,8,10H2,1-2H3,(H,14,16). The third-order valence-corrected chi connectivity index (χ3v) is 3.53. The molecule has 0 fully saturated rings. The van der Waals surface area contributed by atoms with Crippen molar-refractivity contribution < 1.29 is 4.79 Å². The number of thiophene rings is 1. The Bertz CT molecular complexity index is 311. The van der Waals surface area contributed by atoms with Crippen LogP contribution in [0.1, 0.15) is 44.0 Å². The minimum absolute atomic E-state index is 0.0875. The van der Waals surface area contributed by atoms with E-state index in [1.807, 2.05) is 0 Å². The SMILES string of the molecule is CCCNC(=O)CNC(CCC)c1cccs1. The van der Waals surface area contributed by atoms with E-state index in [0.29, 0.717) is 12.6 Å². The van der Waals surface area contributed by atoms with Crippen molar-refractivity contribution in [2.45, 2.75) is 39.2 Å². The summed E-state index contributed by atoms with van der Waals surface area (Å²) in [6, 6.07) is 4.50. The third-order valence-electron chi connectivity index (χ3n) is 2.55. The lowest BCUT2D eigenvalue weighted by molar-refractivity contribution is -0.120. The number of rotatable bonds is 8. The van der Waals surface area contributed by atoms with E-state index < -0.39 is 0 Å². The van der Waals surface area contributed by atoms with Gasteiger partial charge < -0.3 is 10.6 Å². The van der Waals surface area contributed by atoms with Gasteiger partial charge in [0.05, 0.1) is 6.54 Å². The van der Waals surface area contributed by atoms with Crippen LogP contribution in [-0.2, 0) is 4.79 Å². The lowest BCUT2D eigenvalue weighted by atomic mass is 10.1. The van der Waals surface area contributed by atoms with Crippen LogP contribution in [0.5, 0.6) is 0 Å². The van der Waals surface area contributed by atoms with E-state index >= 15 is 0 Å². The second-order valence-electron chi connectivity index (χ2n) is 4.09. The molecule has 1 atom stereocenters. The molecule has 1 aromatic rings. The number of amides is 1. The van der Waals surface area contributed by atoms with E-state index in [0.717, 1.165) is 25.8 Å². The molecule has 0 spiro atoms. The molecule has 4 heteroatoms. The van der Waals surface area contributed by atoms with Gasteiger partial charge in [-0.15, -0.1) is 11.3 Å². The van der Waals surface area contributed by atoms with E-state index in [1.54, 1.807) is 11.3 Å². The van der Waals surface area contributed by atoms with Crippen molar-refractivity contribution in [2.24, 2.45) is 0 Å². The molecular weight excluding hydrogens is 232 g/mol. The largest absolute Gasteiger partial charge is 0.355 e. The van der Waals surface area contributed by atoms with Crippen molar-refractivity contribution in [1.29, 1.82) is 0 Å². The normalized spacial score (nSPS) is 12.4. The van der Waals surface area contributed by atoms with Gasteiger partial charge in [-0.2, -0.15) is 0 Å². The van der Waals surface area contributed by atoms with Crippen LogP contribution in [0.25, 0.3) is 0 Å². The Labute approximate surface area is 108 Å². The fourth-order valence-corrected chi connectivity index (χ4v) is 2.50. The molecule has 0 aromatic carbocycles. The van der Waals surface area contributed by atoms with E-state index in [2.05, 4.69) is 42.0 Å². The van der Waals surface area contributed by atoms with Gasteiger partial charge in [-0.1, -0.05) is 26.3 Å². The molecule has 0 aliphatic carbocycles. The number of hydrogen-bond acceptors (Lipinski definition) is 3. The zero-order chi connectivity index (χ0) is 12.5. The summed E-state index contributed by atoms with van der Waals surface area (Å²) < 4.78 is 0. The summed E-state index contributed by atoms with van der Waals surface area (Å²) in [5.41, 5.74) is 0. The van der Waals surface area contributed by atoms with Crippen molar-refractivity contribution in [1.82, 2.24) is 10.6 Å². The lowest BCUT2D eigenvalue weighted by Crippen LogP contribution is -2.35. The van der Waals surface area contributed by atoms with Crippen LogP contribution in [0, 0.1) is 0 Å².